The minimum absolute atomic E-state index is 0.379. The van der Waals surface area contributed by atoms with Crippen LogP contribution < -0.4 is 10.6 Å². The molecule has 0 aromatic rings. The second kappa shape index (κ2) is 15.0. The van der Waals surface area contributed by atoms with Crippen molar-refractivity contribution in [2.75, 3.05) is 59.3 Å². The Morgan fingerprint density at radius 2 is 1.27 bits per heavy atom. The third-order valence-corrected chi connectivity index (χ3v) is 5.42. The maximum Gasteiger partial charge on any atom is 0.407 e. The molecule has 0 saturated heterocycles. The average Bonchev–Trinajstić information content (AvgIpc) is 3.37. The summed E-state index contributed by atoms with van der Waals surface area (Å²) in [4.78, 5) is 23.3. The van der Waals surface area contributed by atoms with Crippen LogP contribution in [0.2, 0.25) is 0 Å². The van der Waals surface area contributed by atoms with Crippen molar-refractivity contribution in [1.82, 2.24) is 10.6 Å². The number of hydrogen-bond donors (Lipinski definition) is 2. The van der Waals surface area contributed by atoms with Crippen molar-refractivity contribution in [3.63, 3.8) is 0 Å². The highest BCUT2D eigenvalue weighted by atomic mass is 16.6. The lowest BCUT2D eigenvalue weighted by Gasteiger charge is -2.19. The van der Waals surface area contributed by atoms with Crippen molar-refractivity contribution in [2.45, 2.75) is 52.1 Å². The van der Waals surface area contributed by atoms with Gasteiger partial charge in [-0.05, 0) is 51.4 Å². The lowest BCUT2D eigenvalue weighted by molar-refractivity contribution is 0.0144. The summed E-state index contributed by atoms with van der Waals surface area (Å²) in [5.74, 6) is 8.23. The summed E-state index contributed by atoms with van der Waals surface area (Å²) in [5.41, 5.74) is -0.509. The first-order valence-electron chi connectivity index (χ1n) is 11.9. The van der Waals surface area contributed by atoms with Gasteiger partial charge in [0.1, 0.15) is 5.60 Å². The molecule has 0 aromatic carbocycles. The zero-order chi connectivity index (χ0) is 23.9. The maximum absolute atomic E-state index is 11.8. The fraction of sp³-hybridized carbons (Fsp3) is 0.833. The molecule has 33 heavy (non-hydrogen) atoms. The summed E-state index contributed by atoms with van der Waals surface area (Å²) < 4.78 is 26.7. The summed E-state index contributed by atoms with van der Waals surface area (Å²) in [6, 6.07) is 0. The molecule has 188 valence electrons. The van der Waals surface area contributed by atoms with Gasteiger partial charge >= 0.3 is 12.2 Å². The van der Waals surface area contributed by atoms with Crippen molar-refractivity contribution in [3.05, 3.63) is 0 Å². The second-order valence-electron chi connectivity index (χ2n) is 9.21. The Bertz CT molecular complexity index is 635. The third kappa shape index (κ3) is 12.7. The van der Waals surface area contributed by atoms with Crippen LogP contribution in [0.15, 0.2) is 0 Å². The van der Waals surface area contributed by atoms with Gasteiger partial charge in [0.2, 0.25) is 0 Å². The molecule has 2 N–H and O–H groups in total. The van der Waals surface area contributed by atoms with Crippen LogP contribution in [0.5, 0.6) is 0 Å². The van der Waals surface area contributed by atoms with E-state index in [-0.39, 0.29) is 6.09 Å². The van der Waals surface area contributed by atoms with Gasteiger partial charge in [-0.2, -0.15) is 0 Å². The summed E-state index contributed by atoms with van der Waals surface area (Å²) in [6.45, 7) is 9.25. The molecule has 2 rings (SSSR count). The van der Waals surface area contributed by atoms with E-state index in [0.717, 1.165) is 25.7 Å². The molecule has 0 aromatic heterocycles. The van der Waals surface area contributed by atoms with E-state index < -0.39 is 11.7 Å². The van der Waals surface area contributed by atoms with Crippen LogP contribution >= 0.6 is 0 Å². The first-order valence-corrected chi connectivity index (χ1v) is 11.9. The quantitative estimate of drug-likeness (QED) is 0.298. The molecule has 1 unspecified atom stereocenters. The average molecular weight is 469 g/mol. The highest BCUT2D eigenvalue weighted by Crippen LogP contribution is 2.52. The highest BCUT2D eigenvalue weighted by Gasteiger charge is 2.49. The fourth-order valence-electron chi connectivity index (χ4n) is 3.81. The van der Waals surface area contributed by atoms with Gasteiger partial charge in [0.15, 0.2) is 0 Å². The molecule has 0 bridgehead atoms. The van der Waals surface area contributed by atoms with E-state index in [1.54, 1.807) is 0 Å². The summed E-state index contributed by atoms with van der Waals surface area (Å²) in [6.07, 6.45) is 3.34. The number of amides is 2. The zero-order valence-corrected chi connectivity index (χ0v) is 20.3. The number of fused-ring (bicyclic) bond motifs is 1. The van der Waals surface area contributed by atoms with Crippen molar-refractivity contribution in [3.8, 4) is 11.8 Å². The van der Waals surface area contributed by atoms with Crippen LogP contribution in [0, 0.1) is 29.6 Å². The number of nitrogens with one attached hydrogen (secondary N) is 2. The summed E-state index contributed by atoms with van der Waals surface area (Å²) in [5, 5.41) is 5.33. The molecule has 2 aliphatic carbocycles. The van der Waals surface area contributed by atoms with E-state index in [4.69, 9.17) is 23.7 Å². The maximum atomic E-state index is 11.8. The molecular formula is C24H40N2O7. The molecule has 0 heterocycles. The van der Waals surface area contributed by atoms with Crippen molar-refractivity contribution in [2.24, 2.45) is 17.8 Å². The summed E-state index contributed by atoms with van der Waals surface area (Å²) in [7, 11) is 0. The van der Waals surface area contributed by atoms with Crippen molar-refractivity contribution in [1.29, 1.82) is 0 Å². The Kier molecular flexibility index (Phi) is 12.4. The lowest BCUT2D eigenvalue weighted by atomic mass is 10.1. The standard InChI is InChI=1S/C24H40N2O7/c1-24(2,3)33-23(28)26-11-13-30-15-17-31-16-14-29-12-10-25-22(27)32-18-21-19-8-6-4-5-7-9-20(19)21/h19-21H,6-18H2,1-3H3,(H,25,27)(H,26,28)/t19-,20+,21?. The number of rotatable bonds is 14. The molecule has 2 amide bonds. The fourth-order valence-corrected chi connectivity index (χ4v) is 3.81. The van der Waals surface area contributed by atoms with Gasteiger partial charge in [-0.25, -0.2) is 9.59 Å². The van der Waals surface area contributed by atoms with Crippen LogP contribution in [-0.2, 0) is 23.7 Å². The molecule has 9 nitrogen and oxygen atoms in total. The Morgan fingerprint density at radius 1 is 0.788 bits per heavy atom. The first-order chi connectivity index (χ1) is 15.9. The Hall–Kier alpha value is -2.02. The smallest absolute Gasteiger partial charge is 0.407 e. The largest absolute Gasteiger partial charge is 0.449 e. The minimum atomic E-state index is -0.509. The Morgan fingerprint density at radius 3 is 1.79 bits per heavy atom. The van der Waals surface area contributed by atoms with Gasteiger partial charge in [0.05, 0.1) is 46.2 Å². The van der Waals surface area contributed by atoms with E-state index in [2.05, 4.69) is 22.5 Å². The van der Waals surface area contributed by atoms with Gasteiger partial charge in [0, 0.05) is 25.9 Å². The molecule has 1 fully saturated rings. The first kappa shape index (κ1) is 27.2. The van der Waals surface area contributed by atoms with E-state index >= 15 is 0 Å². The number of carbonyl (C=O) groups excluding carboxylic acids is 2. The van der Waals surface area contributed by atoms with Crippen molar-refractivity contribution < 1.29 is 33.3 Å². The van der Waals surface area contributed by atoms with Crippen LogP contribution in [0.3, 0.4) is 0 Å². The van der Waals surface area contributed by atoms with E-state index in [0.29, 0.717) is 77.1 Å². The second-order valence-corrected chi connectivity index (χ2v) is 9.21. The molecule has 2 aliphatic rings. The molecule has 0 spiro atoms. The predicted octanol–water partition coefficient (Wildman–Crippen LogP) is 2.73. The molecule has 1 saturated carbocycles. The molecular weight excluding hydrogens is 428 g/mol. The Balaban J connectivity index is 1.30. The molecule has 3 atom stereocenters. The number of ether oxygens (including phenoxy) is 5. The van der Waals surface area contributed by atoms with E-state index in [1.807, 2.05) is 20.8 Å². The number of alkyl carbamates (subject to hydrolysis) is 2. The number of carbonyl (C=O) groups is 2. The number of hydrogen-bond acceptors (Lipinski definition) is 7. The third-order valence-electron chi connectivity index (χ3n) is 5.42. The normalized spacial score (nSPS) is 21.5. The molecule has 9 heteroatoms. The zero-order valence-electron chi connectivity index (χ0n) is 20.3. The minimum Gasteiger partial charge on any atom is -0.449 e. The summed E-state index contributed by atoms with van der Waals surface area (Å²) >= 11 is 0. The van der Waals surface area contributed by atoms with Crippen LogP contribution in [0.4, 0.5) is 9.59 Å². The van der Waals surface area contributed by atoms with E-state index in [9.17, 15) is 9.59 Å². The van der Waals surface area contributed by atoms with Gasteiger partial charge in [-0.15, -0.1) is 11.8 Å². The topological polar surface area (TPSA) is 104 Å². The van der Waals surface area contributed by atoms with Crippen molar-refractivity contribution >= 4 is 12.2 Å². The lowest BCUT2D eigenvalue weighted by Crippen LogP contribution is -2.34. The van der Waals surface area contributed by atoms with Gasteiger partial charge in [-0.1, -0.05) is 0 Å². The van der Waals surface area contributed by atoms with Crippen LogP contribution in [0.25, 0.3) is 0 Å². The van der Waals surface area contributed by atoms with E-state index in [1.165, 1.54) is 0 Å². The molecule has 0 aliphatic heterocycles. The van der Waals surface area contributed by atoms with Gasteiger partial charge in [-0.3, -0.25) is 0 Å². The van der Waals surface area contributed by atoms with Gasteiger partial charge < -0.3 is 34.3 Å². The predicted molar refractivity (Wildman–Crippen MR) is 123 cm³/mol. The Labute approximate surface area is 197 Å². The van der Waals surface area contributed by atoms with Crippen LogP contribution in [0.1, 0.15) is 46.5 Å². The molecule has 0 radical (unpaired) electrons. The SMILES string of the molecule is CC(C)(C)OC(=O)NCCOCCOCCOCCNC(=O)OCC1[C@H]2CCC#CCC[C@@H]12. The van der Waals surface area contributed by atoms with Gasteiger partial charge in [0.25, 0.3) is 0 Å². The monoisotopic (exact) mass is 468 g/mol. The highest BCUT2D eigenvalue weighted by molar-refractivity contribution is 5.67. The van der Waals surface area contributed by atoms with Crippen LogP contribution in [-0.4, -0.2) is 77.1 Å².